The van der Waals surface area contributed by atoms with Gasteiger partial charge in [0.25, 0.3) is 5.91 Å². The Bertz CT molecular complexity index is 824. The van der Waals surface area contributed by atoms with E-state index in [4.69, 9.17) is 16.7 Å². The van der Waals surface area contributed by atoms with Crippen molar-refractivity contribution in [2.75, 3.05) is 0 Å². The van der Waals surface area contributed by atoms with Crippen LogP contribution in [0.2, 0.25) is 5.02 Å². The van der Waals surface area contributed by atoms with Gasteiger partial charge < -0.3 is 15.7 Å². The number of hydrogen-bond acceptors (Lipinski definition) is 3. The summed E-state index contributed by atoms with van der Waals surface area (Å²) >= 11 is 5.86. The second kappa shape index (κ2) is 11.2. The topological polar surface area (TPSA) is 95.5 Å². The molecule has 2 amide bonds. The lowest BCUT2D eigenvalue weighted by molar-refractivity contribution is -0.137. The number of amides is 2. The van der Waals surface area contributed by atoms with Crippen LogP contribution in [0, 0.1) is 0 Å². The van der Waals surface area contributed by atoms with Crippen LogP contribution in [0.4, 0.5) is 0 Å². The smallest absolute Gasteiger partial charge is 0.305 e. The van der Waals surface area contributed by atoms with Crippen LogP contribution in [-0.2, 0) is 16.0 Å². The van der Waals surface area contributed by atoms with Gasteiger partial charge >= 0.3 is 5.97 Å². The summed E-state index contributed by atoms with van der Waals surface area (Å²) in [4.78, 5) is 36.6. The normalized spacial score (nSPS) is 12.6. The SMILES string of the molecule is CCC[C@@H](CC(=O)O)NC(=O)[C@@H](Cc1ccccc1)NC(=O)c1ccc(Cl)cc1. The summed E-state index contributed by atoms with van der Waals surface area (Å²) < 4.78 is 0. The van der Waals surface area contributed by atoms with Crippen LogP contribution in [0.25, 0.3) is 0 Å². The molecule has 2 atom stereocenters. The molecule has 0 aliphatic heterocycles. The highest BCUT2D eigenvalue weighted by molar-refractivity contribution is 6.30. The van der Waals surface area contributed by atoms with Gasteiger partial charge in [-0.05, 0) is 36.2 Å². The van der Waals surface area contributed by atoms with Gasteiger partial charge in [0.1, 0.15) is 6.04 Å². The Morgan fingerprint density at radius 2 is 1.66 bits per heavy atom. The third-order valence-electron chi connectivity index (χ3n) is 4.42. The quantitative estimate of drug-likeness (QED) is 0.552. The predicted molar refractivity (Wildman–Crippen MR) is 112 cm³/mol. The minimum atomic E-state index is -0.978. The minimum absolute atomic E-state index is 0.164. The van der Waals surface area contributed by atoms with E-state index in [1.165, 1.54) is 0 Å². The zero-order valence-electron chi connectivity index (χ0n) is 16.2. The second-order valence-electron chi connectivity index (χ2n) is 6.81. The maximum absolute atomic E-state index is 12.9. The average molecular weight is 417 g/mol. The number of carbonyl (C=O) groups excluding carboxylic acids is 2. The van der Waals surface area contributed by atoms with E-state index in [0.29, 0.717) is 17.0 Å². The van der Waals surface area contributed by atoms with Crippen molar-refractivity contribution in [1.82, 2.24) is 10.6 Å². The van der Waals surface area contributed by atoms with Crippen LogP contribution < -0.4 is 10.6 Å². The van der Waals surface area contributed by atoms with E-state index >= 15 is 0 Å². The van der Waals surface area contributed by atoms with Crippen LogP contribution in [0.3, 0.4) is 0 Å². The molecule has 3 N–H and O–H groups in total. The molecule has 0 heterocycles. The molecule has 0 aliphatic rings. The second-order valence-corrected chi connectivity index (χ2v) is 7.25. The van der Waals surface area contributed by atoms with Gasteiger partial charge in [-0.3, -0.25) is 14.4 Å². The van der Waals surface area contributed by atoms with E-state index in [-0.39, 0.29) is 12.8 Å². The van der Waals surface area contributed by atoms with Gasteiger partial charge in [-0.1, -0.05) is 55.3 Å². The molecule has 0 aromatic heterocycles. The number of rotatable bonds is 10. The van der Waals surface area contributed by atoms with Crippen molar-refractivity contribution < 1.29 is 19.5 Å². The fourth-order valence-corrected chi connectivity index (χ4v) is 3.11. The molecule has 0 bridgehead atoms. The first-order valence-electron chi connectivity index (χ1n) is 9.51. The van der Waals surface area contributed by atoms with E-state index in [0.717, 1.165) is 12.0 Å². The fourth-order valence-electron chi connectivity index (χ4n) is 2.99. The van der Waals surface area contributed by atoms with Gasteiger partial charge in [0.2, 0.25) is 5.91 Å². The van der Waals surface area contributed by atoms with E-state index in [9.17, 15) is 14.4 Å². The monoisotopic (exact) mass is 416 g/mol. The largest absolute Gasteiger partial charge is 0.481 e. The number of carbonyl (C=O) groups is 3. The molecule has 154 valence electrons. The van der Waals surface area contributed by atoms with Crippen molar-refractivity contribution in [3.05, 3.63) is 70.7 Å². The third kappa shape index (κ3) is 7.58. The van der Waals surface area contributed by atoms with Gasteiger partial charge in [-0.25, -0.2) is 0 Å². The molecule has 7 heteroatoms. The molecule has 0 radical (unpaired) electrons. The summed E-state index contributed by atoms with van der Waals surface area (Å²) in [5.41, 5.74) is 1.27. The molecule has 2 aromatic rings. The van der Waals surface area contributed by atoms with Crippen molar-refractivity contribution in [3.8, 4) is 0 Å². The van der Waals surface area contributed by atoms with Crippen LogP contribution in [0.1, 0.15) is 42.1 Å². The molecule has 0 aliphatic carbocycles. The van der Waals surface area contributed by atoms with Crippen LogP contribution >= 0.6 is 11.6 Å². The molecule has 2 rings (SSSR count). The van der Waals surface area contributed by atoms with E-state index in [2.05, 4.69) is 10.6 Å². The lowest BCUT2D eigenvalue weighted by Gasteiger charge is -2.23. The van der Waals surface area contributed by atoms with Crippen molar-refractivity contribution in [2.24, 2.45) is 0 Å². The minimum Gasteiger partial charge on any atom is -0.481 e. The van der Waals surface area contributed by atoms with Crippen molar-refractivity contribution >= 4 is 29.4 Å². The number of aliphatic carboxylic acids is 1. The molecule has 0 spiro atoms. The highest BCUT2D eigenvalue weighted by Crippen LogP contribution is 2.11. The van der Waals surface area contributed by atoms with Gasteiger partial charge in [-0.15, -0.1) is 0 Å². The van der Waals surface area contributed by atoms with E-state index in [1.807, 2.05) is 37.3 Å². The summed E-state index contributed by atoms with van der Waals surface area (Å²) in [6, 6.07) is 14.4. The summed E-state index contributed by atoms with van der Waals surface area (Å²) in [6.07, 6.45) is 1.40. The standard InChI is InChI=1S/C22H25ClN2O4/c1-2-6-18(14-20(26)27)24-22(29)19(13-15-7-4-3-5-8-15)25-21(28)16-9-11-17(23)12-10-16/h3-5,7-12,18-19H,2,6,13-14H2,1H3,(H,24,29)(H,25,28)(H,26,27)/t18-,19+/m0/s1. The van der Waals surface area contributed by atoms with E-state index < -0.39 is 29.9 Å². The third-order valence-corrected chi connectivity index (χ3v) is 4.67. The van der Waals surface area contributed by atoms with Crippen molar-refractivity contribution in [2.45, 2.75) is 44.7 Å². The Hall–Kier alpha value is -2.86. The lowest BCUT2D eigenvalue weighted by atomic mass is 10.0. The average Bonchev–Trinajstić information content (AvgIpc) is 2.68. The Balaban J connectivity index is 2.16. The summed E-state index contributed by atoms with van der Waals surface area (Å²) in [6.45, 7) is 1.92. The van der Waals surface area contributed by atoms with Crippen LogP contribution in [0.5, 0.6) is 0 Å². The van der Waals surface area contributed by atoms with Crippen molar-refractivity contribution in [3.63, 3.8) is 0 Å². The number of hydrogen-bond donors (Lipinski definition) is 3. The molecule has 0 saturated heterocycles. The van der Waals surface area contributed by atoms with Gasteiger partial charge in [0, 0.05) is 23.0 Å². The first-order valence-corrected chi connectivity index (χ1v) is 9.89. The molecule has 0 fully saturated rings. The maximum Gasteiger partial charge on any atom is 0.305 e. The zero-order chi connectivity index (χ0) is 21.2. The molecule has 29 heavy (non-hydrogen) atoms. The first kappa shape index (κ1) is 22.4. The molecule has 0 saturated carbocycles. The predicted octanol–water partition coefficient (Wildman–Crippen LogP) is 3.44. The number of carboxylic acid groups (broad SMARTS) is 1. The van der Waals surface area contributed by atoms with Gasteiger partial charge in [0.15, 0.2) is 0 Å². The number of benzene rings is 2. The summed E-state index contributed by atoms with van der Waals surface area (Å²) in [5.74, 6) is -1.78. The molecule has 2 aromatic carbocycles. The Labute approximate surface area is 175 Å². The van der Waals surface area contributed by atoms with Gasteiger partial charge in [0.05, 0.1) is 6.42 Å². The Morgan fingerprint density at radius 1 is 1.00 bits per heavy atom. The number of carboxylic acids is 1. The number of halogens is 1. The zero-order valence-corrected chi connectivity index (χ0v) is 17.0. The first-order chi connectivity index (χ1) is 13.9. The van der Waals surface area contributed by atoms with E-state index in [1.54, 1.807) is 24.3 Å². The fraction of sp³-hybridized carbons (Fsp3) is 0.318. The highest BCUT2D eigenvalue weighted by atomic mass is 35.5. The Morgan fingerprint density at radius 3 is 2.24 bits per heavy atom. The molecule has 6 nitrogen and oxygen atoms in total. The highest BCUT2D eigenvalue weighted by Gasteiger charge is 2.25. The lowest BCUT2D eigenvalue weighted by Crippen LogP contribution is -2.51. The van der Waals surface area contributed by atoms with Crippen molar-refractivity contribution in [1.29, 1.82) is 0 Å². The molecule has 0 unspecified atom stereocenters. The van der Waals surface area contributed by atoms with Crippen LogP contribution in [-0.4, -0.2) is 35.0 Å². The summed E-state index contributed by atoms with van der Waals surface area (Å²) in [5, 5.41) is 15.1. The summed E-state index contributed by atoms with van der Waals surface area (Å²) in [7, 11) is 0. The van der Waals surface area contributed by atoms with Gasteiger partial charge in [-0.2, -0.15) is 0 Å². The van der Waals surface area contributed by atoms with Crippen LogP contribution in [0.15, 0.2) is 54.6 Å². The molecular weight excluding hydrogens is 392 g/mol. The maximum atomic E-state index is 12.9. The number of nitrogens with one attached hydrogen (secondary N) is 2. The molecular formula is C22H25ClN2O4. The Kier molecular flexibility index (Phi) is 8.68.